The molecule has 0 atom stereocenters. The monoisotopic (exact) mass is 356 g/mol. The van der Waals surface area contributed by atoms with Crippen LogP contribution >= 0.6 is 0 Å². The first-order chi connectivity index (χ1) is 13.2. The highest BCUT2D eigenvalue weighted by Crippen LogP contribution is 2.26. The number of aromatic nitrogens is 2. The zero-order chi connectivity index (χ0) is 18.8. The fraction of sp³-hybridized carbons (Fsp3) is 0.130. The molecule has 0 N–H and O–H groups in total. The van der Waals surface area contributed by atoms with Gasteiger partial charge in [-0.15, -0.1) is 0 Å². The Morgan fingerprint density at radius 3 is 2.33 bits per heavy atom. The van der Waals surface area contributed by atoms with E-state index in [-0.39, 0.29) is 0 Å². The van der Waals surface area contributed by atoms with Crippen LogP contribution in [0, 0.1) is 6.92 Å². The van der Waals surface area contributed by atoms with Gasteiger partial charge in [-0.2, -0.15) is 0 Å². The highest BCUT2D eigenvalue weighted by atomic mass is 16.4. The molecule has 0 unspecified atom stereocenters. The Morgan fingerprint density at radius 2 is 1.67 bits per heavy atom. The summed E-state index contributed by atoms with van der Waals surface area (Å²) in [6.45, 7) is 7.85. The topological polar surface area (TPSA) is 52.1 Å². The van der Waals surface area contributed by atoms with Crippen LogP contribution in [0.5, 0.6) is 0 Å². The molecule has 0 saturated heterocycles. The minimum absolute atomic E-state index is 0.586. The molecule has 2 aromatic carbocycles. The summed E-state index contributed by atoms with van der Waals surface area (Å²) < 4.78 is 11.8. The highest BCUT2D eigenvalue weighted by Gasteiger charge is 2.10. The second-order valence-electron chi connectivity index (χ2n) is 6.35. The first-order valence-electron chi connectivity index (χ1n) is 8.95. The summed E-state index contributed by atoms with van der Waals surface area (Å²) in [5, 5.41) is 0.839. The fourth-order valence-electron chi connectivity index (χ4n) is 2.95. The van der Waals surface area contributed by atoms with Crippen molar-refractivity contribution in [3.8, 4) is 22.9 Å². The van der Waals surface area contributed by atoms with Gasteiger partial charge in [-0.25, -0.2) is 9.97 Å². The molecule has 0 aliphatic heterocycles. The van der Waals surface area contributed by atoms with Crippen LogP contribution < -0.4 is 10.8 Å². The Kier molecular flexibility index (Phi) is 4.47. The predicted molar refractivity (Wildman–Crippen MR) is 108 cm³/mol. The number of hydrogen-bond acceptors (Lipinski definition) is 4. The van der Waals surface area contributed by atoms with Crippen molar-refractivity contribution >= 4 is 23.3 Å². The molecule has 4 rings (SSSR count). The standard InChI is InChI=1S/C23H20N2O2/c1-4-6-18-20(7-5-2)26-22(24-18)16-9-11-17(12-10-16)23-25-19-14-15(3)8-13-21(19)27-23/h5-14H,2,4H2,1,3H3/b18-6+,20-7+. The molecule has 0 amide bonds. The first kappa shape index (κ1) is 17.0. The molecule has 2 aromatic heterocycles. The van der Waals surface area contributed by atoms with Gasteiger partial charge in [0.1, 0.15) is 10.9 Å². The lowest BCUT2D eigenvalue weighted by molar-refractivity contribution is 0.540. The van der Waals surface area contributed by atoms with Gasteiger partial charge < -0.3 is 8.83 Å². The van der Waals surface area contributed by atoms with Crippen molar-refractivity contribution in [3.05, 3.63) is 71.4 Å². The van der Waals surface area contributed by atoms with E-state index in [0.29, 0.717) is 11.8 Å². The van der Waals surface area contributed by atoms with Crippen molar-refractivity contribution in [3.63, 3.8) is 0 Å². The average molecular weight is 356 g/mol. The predicted octanol–water partition coefficient (Wildman–Crippen LogP) is 4.62. The molecule has 0 spiro atoms. The summed E-state index contributed by atoms with van der Waals surface area (Å²) in [5.74, 6) is 1.19. The molecule has 0 aliphatic carbocycles. The zero-order valence-electron chi connectivity index (χ0n) is 15.4. The number of hydrogen-bond donors (Lipinski definition) is 0. The summed E-state index contributed by atoms with van der Waals surface area (Å²) in [5.41, 5.74) is 5.36. The molecule has 0 radical (unpaired) electrons. The third kappa shape index (κ3) is 3.34. The summed E-state index contributed by atoms with van der Waals surface area (Å²) in [4.78, 5) is 9.18. The van der Waals surface area contributed by atoms with E-state index in [0.717, 1.165) is 45.0 Å². The maximum absolute atomic E-state index is 5.89. The molecule has 4 aromatic rings. The maximum Gasteiger partial charge on any atom is 0.227 e. The van der Waals surface area contributed by atoms with Crippen molar-refractivity contribution in [2.75, 3.05) is 0 Å². The van der Waals surface area contributed by atoms with Crippen LogP contribution in [0.1, 0.15) is 18.9 Å². The van der Waals surface area contributed by atoms with Crippen LogP contribution in [0.2, 0.25) is 0 Å². The first-order valence-corrected chi connectivity index (χ1v) is 8.95. The number of allylic oxidation sites excluding steroid dienone is 1. The minimum Gasteiger partial charge on any atom is -0.436 e. The van der Waals surface area contributed by atoms with Crippen LogP contribution in [0.15, 0.2) is 64.0 Å². The lowest BCUT2D eigenvalue weighted by atomic mass is 10.1. The number of rotatable bonds is 4. The van der Waals surface area contributed by atoms with E-state index >= 15 is 0 Å². The van der Waals surface area contributed by atoms with E-state index in [2.05, 4.69) is 23.5 Å². The maximum atomic E-state index is 5.89. The lowest BCUT2D eigenvalue weighted by Crippen LogP contribution is -2.21. The smallest absolute Gasteiger partial charge is 0.227 e. The lowest BCUT2D eigenvalue weighted by Gasteiger charge is -1.97. The average Bonchev–Trinajstić information content (AvgIpc) is 3.27. The molecule has 2 heterocycles. The number of aryl methyl sites for hydroxylation is 1. The van der Waals surface area contributed by atoms with Gasteiger partial charge in [-0.05, 0) is 61.4 Å². The van der Waals surface area contributed by atoms with E-state index in [9.17, 15) is 0 Å². The van der Waals surface area contributed by atoms with E-state index in [4.69, 9.17) is 8.83 Å². The van der Waals surface area contributed by atoms with Gasteiger partial charge in [0.05, 0.1) is 0 Å². The van der Waals surface area contributed by atoms with Crippen LogP contribution in [0.3, 0.4) is 0 Å². The second-order valence-corrected chi connectivity index (χ2v) is 6.35. The van der Waals surface area contributed by atoms with Crippen LogP contribution in [0.4, 0.5) is 0 Å². The van der Waals surface area contributed by atoms with E-state index in [1.54, 1.807) is 6.08 Å². The third-order valence-electron chi connectivity index (χ3n) is 4.27. The van der Waals surface area contributed by atoms with Gasteiger partial charge in [-0.1, -0.05) is 31.7 Å². The number of oxazole rings is 2. The van der Waals surface area contributed by atoms with Crippen molar-refractivity contribution in [1.82, 2.24) is 9.97 Å². The molecule has 27 heavy (non-hydrogen) atoms. The third-order valence-corrected chi connectivity index (χ3v) is 4.27. The SMILES string of the molecule is C=C/C=c1/oc(-c2ccc(-c3nc4cc(C)ccc4o3)cc2)n/c1=C/CC. The Bertz CT molecular complexity index is 1230. The largest absolute Gasteiger partial charge is 0.436 e. The van der Waals surface area contributed by atoms with Crippen LogP contribution in [-0.4, -0.2) is 9.97 Å². The van der Waals surface area contributed by atoms with Gasteiger partial charge in [0, 0.05) is 11.1 Å². The molecule has 0 bridgehead atoms. The van der Waals surface area contributed by atoms with Crippen molar-refractivity contribution < 1.29 is 8.83 Å². The van der Waals surface area contributed by atoms with Crippen LogP contribution in [-0.2, 0) is 0 Å². The van der Waals surface area contributed by atoms with E-state index in [1.807, 2.05) is 61.5 Å². The molecule has 0 aliphatic rings. The van der Waals surface area contributed by atoms with Gasteiger partial charge in [0.25, 0.3) is 0 Å². The summed E-state index contributed by atoms with van der Waals surface area (Å²) in [6, 6.07) is 13.9. The Hall–Kier alpha value is -3.40. The van der Waals surface area contributed by atoms with Crippen molar-refractivity contribution in [1.29, 1.82) is 0 Å². The Balaban J connectivity index is 1.71. The van der Waals surface area contributed by atoms with Gasteiger partial charge >= 0.3 is 0 Å². The van der Waals surface area contributed by atoms with Gasteiger partial charge in [-0.3, -0.25) is 0 Å². The van der Waals surface area contributed by atoms with E-state index in [1.165, 1.54) is 0 Å². The summed E-state index contributed by atoms with van der Waals surface area (Å²) in [7, 11) is 0. The summed E-state index contributed by atoms with van der Waals surface area (Å²) in [6.07, 6.45) is 6.46. The normalized spacial score (nSPS) is 12.8. The van der Waals surface area contributed by atoms with Gasteiger partial charge in [0.2, 0.25) is 11.8 Å². The number of fused-ring (bicyclic) bond motifs is 1. The Labute approximate surface area is 157 Å². The van der Waals surface area contributed by atoms with Crippen molar-refractivity contribution in [2.24, 2.45) is 0 Å². The molecule has 134 valence electrons. The zero-order valence-corrected chi connectivity index (χ0v) is 15.4. The number of benzene rings is 2. The minimum atomic E-state index is 0.586. The van der Waals surface area contributed by atoms with Crippen LogP contribution in [0.25, 0.3) is 46.2 Å². The molecular formula is C23H20N2O2. The van der Waals surface area contributed by atoms with Crippen molar-refractivity contribution in [2.45, 2.75) is 20.3 Å². The highest BCUT2D eigenvalue weighted by molar-refractivity contribution is 5.77. The summed E-state index contributed by atoms with van der Waals surface area (Å²) >= 11 is 0. The van der Waals surface area contributed by atoms with Gasteiger partial charge in [0.15, 0.2) is 11.0 Å². The molecule has 0 saturated carbocycles. The molecule has 4 nitrogen and oxygen atoms in total. The number of nitrogens with zero attached hydrogens (tertiary/aromatic N) is 2. The molecule has 0 fully saturated rings. The Morgan fingerprint density at radius 1 is 0.963 bits per heavy atom. The second kappa shape index (κ2) is 7.08. The van der Waals surface area contributed by atoms with E-state index < -0.39 is 0 Å². The molecule has 4 heteroatoms. The molecular weight excluding hydrogens is 336 g/mol. The quantitative estimate of drug-likeness (QED) is 0.536. The fourth-order valence-corrected chi connectivity index (χ4v) is 2.95.